The highest BCUT2D eigenvalue weighted by molar-refractivity contribution is 7.80. The summed E-state index contributed by atoms with van der Waals surface area (Å²) in [5, 5.41) is 10.1. The van der Waals surface area contributed by atoms with E-state index in [-0.39, 0.29) is 0 Å². The minimum atomic E-state index is 0.467. The largest absolute Gasteiger partial charge is 0.364 e. The molecule has 3 aromatic heterocycles. The first-order valence-corrected chi connectivity index (χ1v) is 6.86. The molecule has 0 unspecified atom stereocenters. The smallest absolute Gasteiger partial charge is 0.180 e. The van der Waals surface area contributed by atoms with E-state index in [0.29, 0.717) is 34.3 Å². The second-order valence-corrected chi connectivity index (χ2v) is 4.74. The van der Waals surface area contributed by atoms with Gasteiger partial charge in [-0.2, -0.15) is 0 Å². The third kappa shape index (κ3) is 3.07. The molecule has 0 aliphatic heterocycles. The van der Waals surface area contributed by atoms with Crippen LogP contribution in [0.5, 0.6) is 0 Å². The van der Waals surface area contributed by atoms with E-state index in [9.17, 15) is 0 Å². The van der Waals surface area contributed by atoms with Gasteiger partial charge < -0.3 is 15.2 Å². The molecule has 22 heavy (non-hydrogen) atoms. The van der Waals surface area contributed by atoms with Crippen LogP contribution in [0.1, 0.15) is 0 Å². The average molecular weight is 312 g/mol. The van der Waals surface area contributed by atoms with Crippen molar-refractivity contribution in [2.24, 2.45) is 0 Å². The monoisotopic (exact) mass is 312 g/mol. The number of anilines is 1. The highest BCUT2D eigenvalue weighted by Crippen LogP contribution is 2.18. The van der Waals surface area contributed by atoms with Gasteiger partial charge in [-0.1, -0.05) is 11.2 Å². The Morgan fingerprint density at radius 3 is 3.00 bits per heavy atom. The third-order valence-corrected chi connectivity index (χ3v) is 3.03. The maximum atomic E-state index is 5.15. The summed E-state index contributed by atoms with van der Waals surface area (Å²) >= 11 is 5.15. The number of nitrogens with zero attached hydrogens (tertiary/aromatic N) is 4. The zero-order valence-corrected chi connectivity index (χ0v) is 12.3. The molecule has 3 heterocycles. The Hall–Kier alpha value is -2.87. The molecule has 2 N–H and O–H groups in total. The van der Waals surface area contributed by atoms with Gasteiger partial charge in [-0.15, -0.1) is 6.58 Å². The molecule has 0 aliphatic carbocycles. The van der Waals surface area contributed by atoms with Crippen LogP contribution in [0.15, 0.2) is 48.0 Å². The van der Waals surface area contributed by atoms with Crippen molar-refractivity contribution in [3.63, 3.8) is 0 Å². The molecule has 0 spiro atoms. The Bertz CT molecular complexity index is 817. The fourth-order valence-electron chi connectivity index (χ4n) is 1.76. The Kier molecular flexibility index (Phi) is 4.01. The first-order chi connectivity index (χ1) is 10.8. The summed E-state index contributed by atoms with van der Waals surface area (Å²) in [6, 6.07) is 3.61. The first kappa shape index (κ1) is 14.1. The minimum absolute atomic E-state index is 0.467. The van der Waals surface area contributed by atoms with E-state index in [1.165, 1.54) is 6.26 Å². The van der Waals surface area contributed by atoms with Crippen molar-refractivity contribution in [1.29, 1.82) is 0 Å². The van der Waals surface area contributed by atoms with Crippen molar-refractivity contribution >= 4 is 34.3 Å². The molecule has 0 aliphatic rings. The van der Waals surface area contributed by atoms with Crippen molar-refractivity contribution in [2.75, 3.05) is 11.9 Å². The highest BCUT2D eigenvalue weighted by atomic mass is 32.1. The van der Waals surface area contributed by atoms with Gasteiger partial charge in [0.1, 0.15) is 17.6 Å². The summed E-state index contributed by atoms with van der Waals surface area (Å²) < 4.78 is 4.81. The van der Waals surface area contributed by atoms with E-state index in [0.717, 1.165) is 5.56 Å². The molecular weight excluding hydrogens is 300 g/mol. The molecule has 0 saturated carbocycles. The molecule has 0 atom stereocenters. The molecule has 0 aromatic carbocycles. The summed E-state index contributed by atoms with van der Waals surface area (Å²) in [5.41, 5.74) is 2.59. The first-order valence-electron chi connectivity index (χ1n) is 6.45. The number of hydrogen-bond acceptors (Lipinski definition) is 6. The Labute approximate surface area is 131 Å². The summed E-state index contributed by atoms with van der Waals surface area (Å²) in [4.78, 5) is 13.2. The van der Waals surface area contributed by atoms with Crippen LogP contribution in [0.2, 0.25) is 0 Å². The van der Waals surface area contributed by atoms with Crippen molar-refractivity contribution in [3.05, 3.63) is 43.4 Å². The van der Waals surface area contributed by atoms with Gasteiger partial charge in [0.15, 0.2) is 10.8 Å². The molecule has 0 fully saturated rings. The molecule has 3 rings (SSSR count). The fourth-order valence-corrected chi connectivity index (χ4v) is 1.95. The number of pyridine rings is 1. The second kappa shape index (κ2) is 6.27. The Balaban J connectivity index is 1.87. The van der Waals surface area contributed by atoms with Crippen LogP contribution in [0.4, 0.5) is 5.82 Å². The van der Waals surface area contributed by atoms with Gasteiger partial charge in [-0.25, -0.2) is 9.97 Å². The summed E-state index contributed by atoms with van der Waals surface area (Å²) in [7, 11) is 0. The maximum Gasteiger partial charge on any atom is 0.180 e. The van der Waals surface area contributed by atoms with E-state index in [2.05, 4.69) is 37.3 Å². The SMILES string of the molecule is C=CCNC(=S)Nc1ccc2ncc(-c3cnoc3)nc2n1. The number of aromatic nitrogens is 4. The lowest BCUT2D eigenvalue weighted by Gasteiger charge is -2.08. The predicted molar refractivity (Wildman–Crippen MR) is 87.3 cm³/mol. The van der Waals surface area contributed by atoms with E-state index in [1.807, 2.05) is 6.07 Å². The van der Waals surface area contributed by atoms with Crippen molar-refractivity contribution in [2.45, 2.75) is 0 Å². The van der Waals surface area contributed by atoms with Crippen molar-refractivity contribution in [3.8, 4) is 11.3 Å². The molecule has 7 nitrogen and oxygen atoms in total. The number of hydrogen-bond donors (Lipinski definition) is 2. The summed E-state index contributed by atoms with van der Waals surface area (Å²) in [6.45, 7) is 4.20. The number of thiocarbonyl (C=S) groups is 1. The van der Waals surface area contributed by atoms with Gasteiger partial charge in [0, 0.05) is 6.54 Å². The molecule has 3 aromatic rings. The van der Waals surface area contributed by atoms with Crippen LogP contribution in [0, 0.1) is 0 Å². The molecular formula is C14H12N6OS. The predicted octanol–water partition coefficient (Wildman–Crippen LogP) is 2.15. The Morgan fingerprint density at radius 1 is 1.32 bits per heavy atom. The van der Waals surface area contributed by atoms with E-state index in [1.54, 1.807) is 24.5 Å². The maximum absolute atomic E-state index is 5.15. The van der Waals surface area contributed by atoms with Gasteiger partial charge in [-0.3, -0.25) is 4.98 Å². The Morgan fingerprint density at radius 2 is 2.23 bits per heavy atom. The summed E-state index contributed by atoms with van der Waals surface area (Å²) in [6.07, 6.45) is 6.46. The topological polar surface area (TPSA) is 88.8 Å². The van der Waals surface area contributed by atoms with E-state index < -0.39 is 0 Å². The molecule has 0 saturated heterocycles. The van der Waals surface area contributed by atoms with Crippen LogP contribution < -0.4 is 10.6 Å². The lowest BCUT2D eigenvalue weighted by Crippen LogP contribution is -2.28. The zero-order chi connectivity index (χ0) is 15.4. The van der Waals surface area contributed by atoms with Gasteiger partial charge in [0.2, 0.25) is 0 Å². The van der Waals surface area contributed by atoms with Gasteiger partial charge in [0.25, 0.3) is 0 Å². The fraction of sp³-hybridized carbons (Fsp3) is 0.0714. The van der Waals surface area contributed by atoms with Crippen LogP contribution in [-0.2, 0) is 0 Å². The van der Waals surface area contributed by atoms with Gasteiger partial charge in [-0.05, 0) is 24.4 Å². The van der Waals surface area contributed by atoms with Crippen LogP contribution >= 0.6 is 12.2 Å². The zero-order valence-electron chi connectivity index (χ0n) is 11.5. The molecule has 0 bridgehead atoms. The number of rotatable bonds is 4. The lowest BCUT2D eigenvalue weighted by molar-refractivity contribution is 0.420. The quantitative estimate of drug-likeness (QED) is 0.559. The van der Waals surface area contributed by atoms with Gasteiger partial charge in [0.05, 0.1) is 23.7 Å². The second-order valence-electron chi connectivity index (χ2n) is 4.33. The number of nitrogens with one attached hydrogen (secondary N) is 2. The van der Waals surface area contributed by atoms with Crippen LogP contribution in [0.25, 0.3) is 22.4 Å². The highest BCUT2D eigenvalue weighted by Gasteiger charge is 2.07. The third-order valence-electron chi connectivity index (χ3n) is 2.78. The van der Waals surface area contributed by atoms with Crippen LogP contribution in [-0.4, -0.2) is 31.8 Å². The van der Waals surface area contributed by atoms with Crippen molar-refractivity contribution in [1.82, 2.24) is 25.4 Å². The standard InChI is InChI=1S/C14H12N6OS/c1-2-5-15-14(22)20-12-4-3-10-13(19-12)18-11(7-16-10)9-6-17-21-8-9/h2-4,6-8H,1,5H2,(H2,15,18,19,20,22). The minimum Gasteiger partial charge on any atom is -0.364 e. The molecule has 0 amide bonds. The van der Waals surface area contributed by atoms with Gasteiger partial charge >= 0.3 is 0 Å². The molecule has 110 valence electrons. The van der Waals surface area contributed by atoms with E-state index in [4.69, 9.17) is 16.7 Å². The summed E-state index contributed by atoms with van der Waals surface area (Å²) in [5.74, 6) is 0.589. The molecule has 8 heteroatoms. The van der Waals surface area contributed by atoms with Crippen LogP contribution in [0.3, 0.4) is 0 Å². The molecule has 0 radical (unpaired) electrons. The van der Waals surface area contributed by atoms with E-state index >= 15 is 0 Å². The normalized spacial score (nSPS) is 10.4. The average Bonchev–Trinajstić information content (AvgIpc) is 3.06. The lowest BCUT2D eigenvalue weighted by atomic mass is 10.2. The number of fused-ring (bicyclic) bond motifs is 1. The van der Waals surface area contributed by atoms with Crippen molar-refractivity contribution < 1.29 is 4.52 Å².